The van der Waals surface area contributed by atoms with Crippen molar-refractivity contribution in [3.05, 3.63) is 53.1 Å². The fourth-order valence-electron chi connectivity index (χ4n) is 3.84. The van der Waals surface area contributed by atoms with Gasteiger partial charge in [-0.1, -0.05) is 18.6 Å². The Labute approximate surface area is 175 Å². The standard InChI is InChI=1S/C22H27FN4O3/c23-17-7-4-15(5-8-17)6-9-21(28)24-13-18-14-30-11-10-27(18)22(29)20-12-19(25-26-20)16-2-1-3-16/h4-5,7-8,12,16,18H,1-3,6,9-11,13-14H2,(H,24,28)(H,25,26). The van der Waals surface area contributed by atoms with Gasteiger partial charge in [0.2, 0.25) is 5.91 Å². The summed E-state index contributed by atoms with van der Waals surface area (Å²) >= 11 is 0. The molecule has 1 saturated heterocycles. The van der Waals surface area contributed by atoms with E-state index in [1.165, 1.54) is 18.6 Å². The van der Waals surface area contributed by atoms with Crippen LogP contribution in [0.3, 0.4) is 0 Å². The molecule has 8 heteroatoms. The van der Waals surface area contributed by atoms with Crippen molar-refractivity contribution >= 4 is 11.8 Å². The predicted octanol–water partition coefficient (Wildman–Crippen LogP) is 2.41. The molecule has 30 heavy (non-hydrogen) atoms. The number of H-pyrrole nitrogens is 1. The zero-order valence-corrected chi connectivity index (χ0v) is 16.9. The highest BCUT2D eigenvalue weighted by Gasteiger charge is 2.31. The summed E-state index contributed by atoms with van der Waals surface area (Å²) in [4.78, 5) is 27.0. The highest BCUT2D eigenvalue weighted by Crippen LogP contribution is 2.35. The van der Waals surface area contributed by atoms with E-state index in [0.717, 1.165) is 24.1 Å². The molecule has 1 unspecified atom stereocenters. The van der Waals surface area contributed by atoms with Crippen LogP contribution >= 0.6 is 0 Å². The molecule has 1 aliphatic carbocycles. The Kier molecular flexibility index (Phi) is 6.42. The van der Waals surface area contributed by atoms with Gasteiger partial charge in [0.1, 0.15) is 11.5 Å². The van der Waals surface area contributed by atoms with Crippen LogP contribution in [0.1, 0.15) is 53.3 Å². The number of aryl methyl sites for hydroxylation is 1. The Hall–Kier alpha value is -2.74. The lowest BCUT2D eigenvalue weighted by Crippen LogP contribution is -2.53. The van der Waals surface area contributed by atoms with Crippen LogP contribution < -0.4 is 5.32 Å². The molecule has 1 aromatic carbocycles. The summed E-state index contributed by atoms with van der Waals surface area (Å²) < 4.78 is 18.5. The van der Waals surface area contributed by atoms with Gasteiger partial charge in [-0.25, -0.2) is 4.39 Å². The number of carbonyl (C=O) groups excluding carboxylic acids is 2. The van der Waals surface area contributed by atoms with Crippen LogP contribution in [0.25, 0.3) is 0 Å². The Morgan fingerprint density at radius 1 is 1.27 bits per heavy atom. The van der Waals surface area contributed by atoms with Crippen LogP contribution in [0.5, 0.6) is 0 Å². The molecule has 2 aromatic rings. The molecule has 2 heterocycles. The zero-order valence-electron chi connectivity index (χ0n) is 16.9. The first-order chi connectivity index (χ1) is 14.6. The lowest BCUT2D eigenvalue weighted by molar-refractivity contribution is -0.121. The molecule has 2 amide bonds. The van der Waals surface area contributed by atoms with E-state index in [-0.39, 0.29) is 23.7 Å². The molecule has 7 nitrogen and oxygen atoms in total. The number of rotatable bonds is 7. The van der Waals surface area contributed by atoms with Gasteiger partial charge >= 0.3 is 0 Å². The van der Waals surface area contributed by atoms with Gasteiger partial charge in [-0.3, -0.25) is 14.7 Å². The van der Waals surface area contributed by atoms with Crippen molar-refractivity contribution in [2.45, 2.75) is 44.1 Å². The highest BCUT2D eigenvalue weighted by atomic mass is 19.1. The topological polar surface area (TPSA) is 87.3 Å². The van der Waals surface area contributed by atoms with E-state index in [0.29, 0.717) is 50.8 Å². The number of benzene rings is 1. The van der Waals surface area contributed by atoms with Gasteiger partial charge in [0.25, 0.3) is 5.91 Å². The first-order valence-electron chi connectivity index (χ1n) is 10.6. The van der Waals surface area contributed by atoms with Crippen LogP contribution in [-0.2, 0) is 16.0 Å². The van der Waals surface area contributed by atoms with Gasteiger partial charge in [0.05, 0.1) is 19.3 Å². The van der Waals surface area contributed by atoms with Crippen molar-refractivity contribution in [2.75, 3.05) is 26.3 Å². The van der Waals surface area contributed by atoms with E-state index in [1.54, 1.807) is 17.0 Å². The summed E-state index contributed by atoms with van der Waals surface area (Å²) in [5.41, 5.74) is 2.36. The van der Waals surface area contributed by atoms with Crippen molar-refractivity contribution in [3.63, 3.8) is 0 Å². The fourth-order valence-corrected chi connectivity index (χ4v) is 3.84. The lowest BCUT2D eigenvalue weighted by atomic mass is 9.83. The minimum absolute atomic E-state index is 0.107. The molecular weight excluding hydrogens is 387 g/mol. The molecule has 2 aliphatic rings. The van der Waals surface area contributed by atoms with E-state index in [4.69, 9.17) is 4.74 Å². The average Bonchev–Trinajstić information content (AvgIpc) is 3.19. The third-order valence-corrected chi connectivity index (χ3v) is 5.94. The molecule has 4 rings (SSSR count). The maximum Gasteiger partial charge on any atom is 0.274 e. The number of amides is 2. The van der Waals surface area contributed by atoms with E-state index < -0.39 is 0 Å². The third-order valence-electron chi connectivity index (χ3n) is 5.94. The molecule has 1 aromatic heterocycles. The number of ether oxygens (including phenoxy) is 1. The number of carbonyl (C=O) groups is 2. The monoisotopic (exact) mass is 414 g/mol. The van der Waals surface area contributed by atoms with Gasteiger partial charge in [-0.05, 0) is 43.0 Å². The normalized spacial score (nSPS) is 19.4. The molecule has 0 spiro atoms. The van der Waals surface area contributed by atoms with Gasteiger partial charge in [-0.2, -0.15) is 5.10 Å². The summed E-state index contributed by atoms with van der Waals surface area (Å²) in [7, 11) is 0. The SMILES string of the molecule is O=C(CCc1ccc(F)cc1)NCC1COCCN1C(=O)c1cc(C2CCC2)[nH]n1. The molecule has 2 fully saturated rings. The minimum atomic E-state index is -0.290. The van der Waals surface area contributed by atoms with Crippen molar-refractivity contribution < 1.29 is 18.7 Å². The van der Waals surface area contributed by atoms with Gasteiger partial charge < -0.3 is 15.0 Å². The second-order valence-corrected chi connectivity index (χ2v) is 7.99. The summed E-state index contributed by atoms with van der Waals surface area (Å²) in [5, 5.41) is 10.1. The molecule has 2 N–H and O–H groups in total. The molecule has 1 atom stereocenters. The van der Waals surface area contributed by atoms with Gasteiger partial charge in [0, 0.05) is 31.1 Å². The fraction of sp³-hybridized carbons (Fsp3) is 0.500. The van der Waals surface area contributed by atoms with Crippen LogP contribution in [0.4, 0.5) is 4.39 Å². The molecular formula is C22H27FN4O3. The van der Waals surface area contributed by atoms with Crippen LogP contribution in [0.15, 0.2) is 30.3 Å². The number of hydrogen-bond acceptors (Lipinski definition) is 4. The lowest BCUT2D eigenvalue weighted by Gasteiger charge is -2.35. The smallest absolute Gasteiger partial charge is 0.274 e. The molecule has 160 valence electrons. The molecule has 0 radical (unpaired) electrons. The number of aromatic nitrogens is 2. The van der Waals surface area contributed by atoms with Crippen LogP contribution in [-0.4, -0.2) is 59.3 Å². The van der Waals surface area contributed by atoms with Crippen molar-refractivity contribution in [3.8, 4) is 0 Å². The summed E-state index contributed by atoms with van der Waals surface area (Å²) in [6.07, 6.45) is 4.34. The van der Waals surface area contributed by atoms with Gasteiger partial charge in [0.15, 0.2) is 0 Å². The van der Waals surface area contributed by atoms with E-state index in [1.807, 2.05) is 6.07 Å². The Morgan fingerprint density at radius 2 is 2.07 bits per heavy atom. The zero-order chi connectivity index (χ0) is 20.9. The third kappa shape index (κ3) is 4.87. The number of halogens is 1. The maximum atomic E-state index is 13.0. The molecule has 0 bridgehead atoms. The average molecular weight is 414 g/mol. The number of aromatic amines is 1. The van der Waals surface area contributed by atoms with Gasteiger partial charge in [-0.15, -0.1) is 0 Å². The Bertz CT molecular complexity index is 879. The first-order valence-corrected chi connectivity index (χ1v) is 10.6. The largest absolute Gasteiger partial charge is 0.377 e. The quantitative estimate of drug-likeness (QED) is 0.728. The van der Waals surface area contributed by atoms with Crippen molar-refractivity contribution in [1.82, 2.24) is 20.4 Å². The summed E-state index contributed by atoms with van der Waals surface area (Å²) in [6.45, 7) is 1.65. The first kappa shape index (κ1) is 20.5. The van der Waals surface area contributed by atoms with E-state index >= 15 is 0 Å². The molecule has 1 saturated carbocycles. The van der Waals surface area contributed by atoms with E-state index in [2.05, 4.69) is 15.5 Å². The summed E-state index contributed by atoms with van der Waals surface area (Å²) in [6, 6.07) is 7.77. The number of nitrogens with zero attached hydrogens (tertiary/aromatic N) is 2. The second kappa shape index (κ2) is 9.38. The van der Waals surface area contributed by atoms with Crippen molar-refractivity contribution in [2.24, 2.45) is 0 Å². The Morgan fingerprint density at radius 3 is 2.80 bits per heavy atom. The van der Waals surface area contributed by atoms with Crippen molar-refractivity contribution in [1.29, 1.82) is 0 Å². The highest BCUT2D eigenvalue weighted by molar-refractivity contribution is 5.92. The van der Waals surface area contributed by atoms with Crippen LogP contribution in [0, 0.1) is 5.82 Å². The maximum absolute atomic E-state index is 13.0. The minimum Gasteiger partial charge on any atom is -0.377 e. The summed E-state index contributed by atoms with van der Waals surface area (Å²) in [5.74, 6) is -0.0445. The molecule has 1 aliphatic heterocycles. The Balaban J connectivity index is 1.29. The number of nitrogens with one attached hydrogen (secondary N) is 2. The number of morpholine rings is 1. The van der Waals surface area contributed by atoms with Crippen LogP contribution in [0.2, 0.25) is 0 Å². The second-order valence-electron chi connectivity index (χ2n) is 7.99. The number of hydrogen-bond donors (Lipinski definition) is 2. The van der Waals surface area contributed by atoms with E-state index in [9.17, 15) is 14.0 Å². The predicted molar refractivity (Wildman–Crippen MR) is 109 cm³/mol.